The van der Waals surface area contributed by atoms with Gasteiger partial charge in [0.25, 0.3) is 0 Å². The zero-order valence-corrected chi connectivity index (χ0v) is 16.6. The minimum absolute atomic E-state index is 0.146. The summed E-state index contributed by atoms with van der Waals surface area (Å²) in [6.07, 6.45) is -1.75. The van der Waals surface area contributed by atoms with E-state index < -0.39 is 12.3 Å². The Balaban J connectivity index is 2.36. The summed E-state index contributed by atoms with van der Waals surface area (Å²) in [4.78, 5) is 24.0. The lowest BCUT2D eigenvalue weighted by atomic mass is 10.0. The van der Waals surface area contributed by atoms with Crippen molar-refractivity contribution in [3.05, 3.63) is 46.4 Å². The minimum Gasteiger partial charge on any atom is -0.434 e. The largest absolute Gasteiger partial charge is 0.513 e. The van der Waals surface area contributed by atoms with Gasteiger partial charge in [0, 0.05) is 21.5 Å². The molecule has 0 bridgehead atoms. The highest BCUT2D eigenvalue weighted by Crippen LogP contribution is 2.47. The topological polar surface area (TPSA) is 71.1 Å². The molecule has 0 spiro atoms. The average molecular weight is 423 g/mol. The summed E-state index contributed by atoms with van der Waals surface area (Å²) < 4.78 is 20.7. The van der Waals surface area contributed by atoms with Crippen LogP contribution in [0, 0.1) is 0 Å². The van der Waals surface area contributed by atoms with E-state index in [0.717, 1.165) is 0 Å². The molecule has 0 amide bonds. The number of carbonyl (C=O) groups excluding carboxylic acids is 2. The van der Waals surface area contributed by atoms with Gasteiger partial charge in [-0.15, -0.1) is 0 Å². The van der Waals surface area contributed by atoms with Gasteiger partial charge in [0.05, 0.1) is 23.3 Å². The highest BCUT2D eigenvalue weighted by Gasteiger charge is 2.23. The van der Waals surface area contributed by atoms with Crippen LogP contribution in [0.4, 0.5) is 9.59 Å². The van der Waals surface area contributed by atoms with Crippen LogP contribution in [0.3, 0.4) is 0 Å². The molecule has 0 saturated carbocycles. The van der Waals surface area contributed by atoms with Gasteiger partial charge in [0.15, 0.2) is 11.5 Å². The normalized spacial score (nSPS) is 10.7. The second-order valence-electron chi connectivity index (χ2n) is 5.56. The summed E-state index contributed by atoms with van der Waals surface area (Å²) in [6.45, 7) is 3.64. The third kappa shape index (κ3) is 3.79. The number of carbonyl (C=O) groups is 2. The quantitative estimate of drug-likeness (QED) is 0.276. The predicted molar refractivity (Wildman–Crippen MR) is 107 cm³/mol. The average Bonchev–Trinajstić information content (AvgIpc) is 2.67. The van der Waals surface area contributed by atoms with Crippen LogP contribution in [0.15, 0.2) is 36.4 Å². The molecule has 0 heterocycles. The Morgan fingerprint density at radius 2 is 1.32 bits per heavy atom. The molecule has 0 aliphatic heterocycles. The maximum absolute atomic E-state index is 12.0. The van der Waals surface area contributed by atoms with Crippen LogP contribution in [-0.4, -0.2) is 25.5 Å². The molecule has 3 rings (SSSR count). The van der Waals surface area contributed by atoms with Crippen LogP contribution in [0.5, 0.6) is 11.5 Å². The van der Waals surface area contributed by atoms with Crippen LogP contribution < -0.4 is 9.47 Å². The van der Waals surface area contributed by atoms with Crippen molar-refractivity contribution in [2.75, 3.05) is 13.2 Å². The fourth-order valence-electron chi connectivity index (χ4n) is 2.80. The van der Waals surface area contributed by atoms with Gasteiger partial charge in [-0.2, -0.15) is 0 Å². The van der Waals surface area contributed by atoms with E-state index in [9.17, 15) is 9.59 Å². The molecule has 0 aliphatic carbocycles. The first-order chi connectivity index (χ1) is 13.5. The molecule has 3 aromatic rings. The van der Waals surface area contributed by atoms with E-state index in [0.29, 0.717) is 21.5 Å². The summed E-state index contributed by atoms with van der Waals surface area (Å²) in [5.41, 5.74) is 0. The maximum atomic E-state index is 12.0. The standard InChI is InChI=1S/C20H16Cl2O6/c1-3-25-19(23)27-17-11-7-5-6-8-12(11)18(28-20(24)26-4-2)15-13(17)9-10-14(21)16(15)22/h5-10H,3-4H2,1-2H3. The molecular formula is C20H16Cl2O6. The number of hydrogen-bond acceptors (Lipinski definition) is 6. The Kier molecular flexibility index (Phi) is 6.11. The van der Waals surface area contributed by atoms with Crippen molar-refractivity contribution in [1.29, 1.82) is 0 Å². The van der Waals surface area contributed by atoms with Gasteiger partial charge in [0.1, 0.15) is 0 Å². The van der Waals surface area contributed by atoms with Crippen molar-refractivity contribution >= 4 is 57.1 Å². The number of fused-ring (bicyclic) bond motifs is 2. The Labute approximate surface area is 170 Å². The summed E-state index contributed by atoms with van der Waals surface area (Å²) in [5, 5.41) is 2.17. The van der Waals surface area contributed by atoms with Crippen LogP contribution >= 0.6 is 23.2 Å². The molecule has 0 atom stereocenters. The maximum Gasteiger partial charge on any atom is 0.513 e. The highest BCUT2D eigenvalue weighted by atomic mass is 35.5. The molecule has 0 fully saturated rings. The number of ether oxygens (including phenoxy) is 4. The zero-order chi connectivity index (χ0) is 20.3. The molecule has 28 heavy (non-hydrogen) atoms. The van der Waals surface area contributed by atoms with Crippen molar-refractivity contribution in [2.45, 2.75) is 13.8 Å². The summed E-state index contributed by atoms with van der Waals surface area (Å²) in [6, 6.07) is 10.1. The number of halogens is 2. The molecule has 3 aromatic carbocycles. The van der Waals surface area contributed by atoms with Crippen LogP contribution in [-0.2, 0) is 9.47 Å². The molecule has 0 N–H and O–H groups in total. The first-order valence-electron chi connectivity index (χ1n) is 8.49. The Morgan fingerprint density at radius 3 is 1.89 bits per heavy atom. The van der Waals surface area contributed by atoms with Crippen molar-refractivity contribution in [2.24, 2.45) is 0 Å². The predicted octanol–water partition coefficient (Wildman–Crippen LogP) is 6.37. The van der Waals surface area contributed by atoms with Gasteiger partial charge in [-0.05, 0) is 26.0 Å². The SMILES string of the molecule is CCOC(=O)Oc1c2ccccc2c(OC(=O)OCC)c2c(Cl)c(Cl)ccc12. The second kappa shape index (κ2) is 8.54. The summed E-state index contributed by atoms with van der Waals surface area (Å²) in [7, 11) is 0. The van der Waals surface area contributed by atoms with Gasteiger partial charge in [-0.25, -0.2) is 9.59 Å². The van der Waals surface area contributed by atoms with Gasteiger partial charge >= 0.3 is 12.3 Å². The minimum atomic E-state index is -0.885. The molecule has 0 saturated heterocycles. The molecule has 6 nitrogen and oxygen atoms in total. The lowest BCUT2D eigenvalue weighted by Gasteiger charge is -2.17. The second-order valence-corrected chi connectivity index (χ2v) is 6.34. The van der Waals surface area contributed by atoms with E-state index in [2.05, 4.69) is 0 Å². The molecule has 146 valence electrons. The molecular weight excluding hydrogens is 407 g/mol. The van der Waals surface area contributed by atoms with Crippen molar-refractivity contribution in [3.8, 4) is 11.5 Å². The van der Waals surface area contributed by atoms with E-state index in [1.165, 1.54) is 0 Å². The van der Waals surface area contributed by atoms with Crippen LogP contribution in [0.25, 0.3) is 21.5 Å². The van der Waals surface area contributed by atoms with Gasteiger partial charge in [-0.3, -0.25) is 0 Å². The van der Waals surface area contributed by atoms with Crippen molar-refractivity contribution in [3.63, 3.8) is 0 Å². The molecule has 0 aromatic heterocycles. The number of rotatable bonds is 4. The smallest absolute Gasteiger partial charge is 0.434 e. The molecule has 0 radical (unpaired) electrons. The van der Waals surface area contributed by atoms with E-state index in [1.807, 2.05) is 0 Å². The Bertz CT molecular complexity index is 1060. The van der Waals surface area contributed by atoms with Crippen LogP contribution in [0.2, 0.25) is 10.0 Å². The third-order valence-electron chi connectivity index (χ3n) is 3.88. The Morgan fingerprint density at radius 1 is 0.786 bits per heavy atom. The fraction of sp³-hybridized carbons (Fsp3) is 0.200. The lowest BCUT2D eigenvalue weighted by molar-refractivity contribution is 0.103. The van der Waals surface area contributed by atoms with Crippen LogP contribution in [0.1, 0.15) is 13.8 Å². The number of hydrogen-bond donors (Lipinski definition) is 0. The summed E-state index contributed by atoms with van der Waals surface area (Å²) >= 11 is 12.6. The lowest BCUT2D eigenvalue weighted by Crippen LogP contribution is -2.12. The molecule has 0 unspecified atom stereocenters. The van der Waals surface area contributed by atoms with E-state index in [-0.39, 0.29) is 34.8 Å². The van der Waals surface area contributed by atoms with Crippen molar-refractivity contribution < 1.29 is 28.5 Å². The highest BCUT2D eigenvalue weighted by molar-refractivity contribution is 6.46. The molecule has 8 heteroatoms. The Hall–Kier alpha value is -2.70. The van der Waals surface area contributed by atoms with Crippen molar-refractivity contribution in [1.82, 2.24) is 0 Å². The number of benzene rings is 3. The van der Waals surface area contributed by atoms with E-state index in [1.54, 1.807) is 50.2 Å². The summed E-state index contributed by atoms with van der Waals surface area (Å²) in [5.74, 6) is 0.381. The fourth-order valence-corrected chi connectivity index (χ4v) is 3.21. The van der Waals surface area contributed by atoms with Gasteiger partial charge < -0.3 is 18.9 Å². The van der Waals surface area contributed by atoms with Gasteiger partial charge in [-0.1, -0.05) is 47.5 Å². The first kappa shape index (κ1) is 20.0. The van der Waals surface area contributed by atoms with Gasteiger partial charge in [0.2, 0.25) is 0 Å². The van der Waals surface area contributed by atoms with E-state index in [4.69, 9.17) is 42.1 Å². The molecule has 0 aliphatic rings. The first-order valence-corrected chi connectivity index (χ1v) is 9.25. The third-order valence-corrected chi connectivity index (χ3v) is 4.68. The monoisotopic (exact) mass is 422 g/mol. The van der Waals surface area contributed by atoms with E-state index >= 15 is 0 Å². The zero-order valence-electron chi connectivity index (χ0n) is 15.1.